The zero-order valence-corrected chi connectivity index (χ0v) is 12.7. The number of aromatic nitrogens is 2. The van der Waals surface area contributed by atoms with E-state index >= 15 is 0 Å². The smallest absolute Gasteiger partial charge is 0.458 e. The van der Waals surface area contributed by atoms with Crippen LogP contribution in [0.3, 0.4) is 0 Å². The maximum Gasteiger partial charge on any atom is 0.630 e. The highest BCUT2D eigenvalue weighted by Gasteiger charge is 2.38. The molecule has 1 aromatic rings. The Morgan fingerprint density at radius 1 is 1.10 bits per heavy atom. The summed E-state index contributed by atoms with van der Waals surface area (Å²) in [5.74, 6) is -0.800. The molecule has 9 nitrogen and oxygen atoms in total. The summed E-state index contributed by atoms with van der Waals surface area (Å²) in [7, 11) is 0. The largest absolute Gasteiger partial charge is 0.630 e. The Hall–Kier alpha value is -2.23. The molecule has 1 rings (SSSR count). The summed E-state index contributed by atoms with van der Waals surface area (Å²) in [5, 5.41) is 2.38. The van der Waals surface area contributed by atoms with Crippen LogP contribution in [-0.4, -0.2) is 42.5 Å². The second-order valence-corrected chi connectivity index (χ2v) is 4.18. The molecule has 0 aliphatic heterocycles. The molecular formula is C11H16N3O6S+. The Morgan fingerprint density at radius 2 is 1.71 bits per heavy atom. The van der Waals surface area contributed by atoms with Crippen molar-refractivity contribution in [3.8, 4) is 0 Å². The van der Waals surface area contributed by atoms with Crippen LogP contribution in [0.2, 0.25) is 0 Å². The second-order valence-electron chi connectivity index (χ2n) is 3.43. The summed E-state index contributed by atoms with van der Waals surface area (Å²) in [6.07, 6.45) is -1.60. The first-order chi connectivity index (χ1) is 10.0. The Labute approximate surface area is 124 Å². The highest BCUT2D eigenvalue weighted by molar-refractivity contribution is 7.10. The van der Waals surface area contributed by atoms with Crippen molar-refractivity contribution in [3.05, 3.63) is 5.69 Å². The maximum atomic E-state index is 11.9. The third-order valence-electron chi connectivity index (χ3n) is 2.04. The molecule has 0 saturated heterocycles. The molecule has 21 heavy (non-hydrogen) atoms. The Morgan fingerprint density at radius 3 is 2.29 bits per heavy atom. The van der Waals surface area contributed by atoms with Gasteiger partial charge in [-0.3, -0.25) is 5.32 Å². The summed E-state index contributed by atoms with van der Waals surface area (Å²) >= 11 is 0.738. The molecule has 0 atom stereocenters. The molecule has 0 bridgehead atoms. The Kier molecular flexibility index (Phi) is 6.53. The average molecular weight is 318 g/mol. The normalized spacial score (nSPS) is 9.86. The topological polar surface area (TPSA) is 108 Å². The zero-order chi connectivity index (χ0) is 15.8. The first-order valence-corrected chi connectivity index (χ1v) is 7.02. The summed E-state index contributed by atoms with van der Waals surface area (Å²) in [5.41, 5.74) is -0.214. The molecule has 1 N–H and O–H groups in total. The van der Waals surface area contributed by atoms with Crippen LogP contribution in [0.15, 0.2) is 0 Å². The third kappa shape index (κ3) is 4.38. The second kappa shape index (κ2) is 8.15. The molecule has 0 spiro atoms. The minimum atomic E-state index is -0.839. The summed E-state index contributed by atoms with van der Waals surface area (Å²) in [4.78, 5) is 35.1. The number of rotatable bonds is 5. The number of esters is 1. The Bertz CT molecular complexity index is 530. The molecule has 116 valence electrons. The summed E-state index contributed by atoms with van der Waals surface area (Å²) in [6.45, 7) is 5.26. The van der Waals surface area contributed by atoms with E-state index in [1.54, 1.807) is 20.8 Å². The molecule has 1 amide bonds. The van der Waals surface area contributed by atoms with Crippen LogP contribution in [0.1, 0.15) is 31.3 Å². The molecule has 0 radical (unpaired) electrons. The van der Waals surface area contributed by atoms with Gasteiger partial charge in [0.15, 0.2) is 0 Å². The highest BCUT2D eigenvalue weighted by atomic mass is 32.1. The van der Waals surface area contributed by atoms with E-state index in [2.05, 4.69) is 9.81 Å². The van der Waals surface area contributed by atoms with Crippen molar-refractivity contribution in [3.63, 3.8) is 0 Å². The van der Waals surface area contributed by atoms with Gasteiger partial charge in [0.05, 0.1) is 40.5 Å². The van der Waals surface area contributed by atoms with Crippen molar-refractivity contribution in [2.24, 2.45) is 0 Å². The van der Waals surface area contributed by atoms with Crippen LogP contribution < -0.4 is 10.00 Å². The SMILES string of the molecule is CCOC(=O)Nc1sn[n+](C(=O)OCC)c1C(=O)OCC. The monoisotopic (exact) mass is 318 g/mol. The van der Waals surface area contributed by atoms with Gasteiger partial charge in [0.2, 0.25) is 5.00 Å². The number of amides is 1. The van der Waals surface area contributed by atoms with Gasteiger partial charge in [-0.1, -0.05) is 0 Å². The van der Waals surface area contributed by atoms with Gasteiger partial charge in [0.25, 0.3) is 0 Å². The van der Waals surface area contributed by atoms with Crippen LogP contribution in [-0.2, 0) is 14.2 Å². The number of hydrogen-bond donors (Lipinski definition) is 1. The fraction of sp³-hybridized carbons (Fsp3) is 0.545. The standard InChI is InChI=1S/C11H15N3O6S/c1-4-18-9(15)7-8(12-10(16)19-5-2)21-13-14(7)11(17)20-6-3/h4-6H2,1-3H3/p+1. The van der Waals surface area contributed by atoms with Gasteiger partial charge >= 0.3 is 23.8 Å². The predicted molar refractivity (Wildman–Crippen MR) is 71.3 cm³/mol. The zero-order valence-electron chi connectivity index (χ0n) is 11.9. The molecular weight excluding hydrogens is 302 g/mol. The van der Waals surface area contributed by atoms with E-state index in [-0.39, 0.29) is 30.5 Å². The lowest BCUT2D eigenvalue weighted by Gasteiger charge is -2.02. The quantitative estimate of drug-likeness (QED) is 0.493. The first-order valence-electron chi connectivity index (χ1n) is 6.25. The van der Waals surface area contributed by atoms with E-state index in [4.69, 9.17) is 14.2 Å². The lowest BCUT2D eigenvalue weighted by atomic mass is 10.4. The van der Waals surface area contributed by atoms with E-state index in [9.17, 15) is 14.4 Å². The van der Waals surface area contributed by atoms with Crippen molar-refractivity contribution in [1.29, 1.82) is 0 Å². The Balaban J connectivity index is 3.10. The molecule has 0 saturated carbocycles. The summed E-state index contributed by atoms with van der Waals surface area (Å²) < 4.78 is 18.8. The van der Waals surface area contributed by atoms with Crippen molar-refractivity contribution < 1.29 is 33.3 Å². The van der Waals surface area contributed by atoms with Crippen LogP contribution in [0.4, 0.5) is 14.6 Å². The van der Waals surface area contributed by atoms with Crippen molar-refractivity contribution in [1.82, 2.24) is 4.49 Å². The molecule has 1 aromatic heterocycles. The number of anilines is 1. The minimum Gasteiger partial charge on any atom is -0.458 e. The van der Waals surface area contributed by atoms with Crippen LogP contribution >= 0.6 is 11.5 Å². The molecule has 0 fully saturated rings. The molecule has 0 aliphatic rings. The molecule has 10 heteroatoms. The van der Waals surface area contributed by atoms with E-state index in [1.807, 2.05) is 0 Å². The van der Waals surface area contributed by atoms with Crippen molar-refractivity contribution in [2.45, 2.75) is 20.8 Å². The van der Waals surface area contributed by atoms with E-state index < -0.39 is 18.2 Å². The summed E-state index contributed by atoms with van der Waals surface area (Å²) in [6, 6.07) is 0. The number of carbonyl (C=O) groups excluding carboxylic acids is 3. The van der Waals surface area contributed by atoms with Crippen molar-refractivity contribution >= 4 is 34.7 Å². The van der Waals surface area contributed by atoms with Gasteiger partial charge in [-0.15, -0.1) is 0 Å². The number of hydrogen-bond acceptors (Lipinski definition) is 8. The van der Waals surface area contributed by atoms with Gasteiger partial charge in [0.1, 0.15) is 0 Å². The van der Waals surface area contributed by atoms with Gasteiger partial charge in [0, 0.05) is 0 Å². The average Bonchev–Trinajstić information content (AvgIpc) is 2.83. The lowest BCUT2D eigenvalue weighted by Crippen LogP contribution is -2.49. The first kappa shape index (κ1) is 16.8. The predicted octanol–water partition coefficient (Wildman–Crippen LogP) is 1.18. The molecule has 0 aromatic carbocycles. The molecule has 0 unspecified atom stereocenters. The van der Waals surface area contributed by atoms with Gasteiger partial charge in [-0.05, 0) is 20.8 Å². The number of nitrogens with zero attached hydrogens (tertiary/aromatic N) is 2. The van der Waals surface area contributed by atoms with Gasteiger partial charge in [-0.25, -0.2) is 9.59 Å². The van der Waals surface area contributed by atoms with Crippen LogP contribution in [0.25, 0.3) is 0 Å². The van der Waals surface area contributed by atoms with Crippen molar-refractivity contribution in [2.75, 3.05) is 25.1 Å². The fourth-order valence-corrected chi connectivity index (χ4v) is 1.99. The maximum absolute atomic E-state index is 11.9. The highest BCUT2D eigenvalue weighted by Crippen LogP contribution is 2.18. The minimum absolute atomic E-state index is 0.0416. The molecule has 0 aliphatic carbocycles. The van der Waals surface area contributed by atoms with Crippen LogP contribution in [0.5, 0.6) is 0 Å². The number of ether oxygens (including phenoxy) is 3. The van der Waals surface area contributed by atoms with E-state index in [1.165, 1.54) is 0 Å². The lowest BCUT2D eigenvalue weighted by molar-refractivity contribution is -0.641. The van der Waals surface area contributed by atoms with Gasteiger partial charge in [-0.2, -0.15) is 4.79 Å². The van der Waals surface area contributed by atoms with Crippen LogP contribution in [0, 0.1) is 0 Å². The van der Waals surface area contributed by atoms with E-state index in [0.29, 0.717) is 0 Å². The third-order valence-corrected chi connectivity index (χ3v) is 2.76. The number of carbonyl (C=O) groups is 3. The van der Waals surface area contributed by atoms with E-state index in [0.717, 1.165) is 16.2 Å². The van der Waals surface area contributed by atoms with Gasteiger partial charge < -0.3 is 14.2 Å². The molecule has 1 heterocycles. The number of nitrogens with one attached hydrogen (secondary N) is 1. The fourth-order valence-electron chi connectivity index (χ4n) is 1.29.